The van der Waals surface area contributed by atoms with Crippen molar-refractivity contribution in [2.45, 2.75) is 6.92 Å². The van der Waals surface area contributed by atoms with Crippen LogP contribution in [0.4, 0.5) is 10.8 Å². The summed E-state index contributed by atoms with van der Waals surface area (Å²) in [5, 5.41) is 19.3. The molecule has 0 atom stereocenters. The highest BCUT2D eigenvalue weighted by molar-refractivity contribution is 7.19. The number of benzene rings is 1. The van der Waals surface area contributed by atoms with Gasteiger partial charge in [0.05, 0.1) is 4.70 Å². The number of aryl methyl sites for hydroxylation is 1. The molecule has 0 saturated heterocycles. The van der Waals surface area contributed by atoms with Crippen LogP contribution in [-0.4, -0.2) is 14.5 Å². The van der Waals surface area contributed by atoms with Gasteiger partial charge in [-0.05, 0) is 25.1 Å². The molecule has 2 aromatic heterocycles. The highest BCUT2D eigenvalue weighted by Gasteiger charge is 2.08. The van der Waals surface area contributed by atoms with E-state index in [1.807, 2.05) is 13.0 Å². The number of aromatic hydroxyl groups is 1. The Labute approximate surface area is 111 Å². The summed E-state index contributed by atoms with van der Waals surface area (Å²) in [6.07, 6.45) is 1.45. The monoisotopic (exact) mass is 276 g/mol. The van der Waals surface area contributed by atoms with Gasteiger partial charge in [-0.2, -0.15) is 4.37 Å². The van der Waals surface area contributed by atoms with Gasteiger partial charge in [0.2, 0.25) is 5.13 Å². The molecule has 2 heterocycles. The lowest BCUT2D eigenvalue weighted by Gasteiger charge is -1.97. The van der Waals surface area contributed by atoms with E-state index in [1.165, 1.54) is 17.9 Å². The molecule has 0 unspecified atom stereocenters. The predicted octanol–water partition coefficient (Wildman–Crippen LogP) is 4.18. The van der Waals surface area contributed by atoms with Gasteiger partial charge in [0.1, 0.15) is 17.8 Å². The van der Waals surface area contributed by atoms with Gasteiger partial charge in [0, 0.05) is 21.8 Å². The molecule has 0 amide bonds. The zero-order chi connectivity index (χ0) is 12.5. The molecule has 7 heteroatoms. The second kappa shape index (κ2) is 4.43. The number of hydrogen-bond donors (Lipinski definition) is 1. The van der Waals surface area contributed by atoms with Crippen molar-refractivity contribution in [2.24, 2.45) is 10.2 Å². The molecule has 1 aromatic carbocycles. The SMILES string of the molecule is Cc1cc2c(O)ccc(N=Nc3ncns3)c2s1. The van der Waals surface area contributed by atoms with E-state index >= 15 is 0 Å². The average Bonchev–Trinajstić information content (AvgIpc) is 2.97. The van der Waals surface area contributed by atoms with Gasteiger partial charge in [-0.25, -0.2) is 4.98 Å². The maximum Gasteiger partial charge on any atom is 0.249 e. The zero-order valence-corrected chi connectivity index (χ0v) is 11.0. The van der Waals surface area contributed by atoms with Crippen molar-refractivity contribution in [1.29, 1.82) is 0 Å². The van der Waals surface area contributed by atoms with Crippen molar-refractivity contribution < 1.29 is 5.11 Å². The first-order valence-corrected chi connectivity index (χ1v) is 6.73. The molecular weight excluding hydrogens is 268 g/mol. The fourth-order valence-corrected chi connectivity index (χ4v) is 2.95. The van der Waals surface area contributed by atoms with Crippen LogP contribution in [0.5, 0.6) is 5.75 Å². The quantitative estimate of drug-likeness (QED) is 0.714. The van der Waals surface area contributed by atoms with Crippen molar-refractivity contribution in [1.82, 2.24) is 9.36 Å². The molecule has 3 rings (SSSR count). The highest BCUT2D eigenvalue weighted by atomic mass is 32.1. The topological polar surface area (TPSA) is 70.7 Å². The third-order valence-corrected chi connectivity index (χ3v) is 3.98. The molecule has 18 heavy (non-hydrogen) atoms. The Kier molecular flexibility index (Phi) is 2.77. The number of hydrogen-bond acceptors (Lipinski definition) is 7. The minimum atomic E-state index is 0.268. The van der Waals surface area contributed by atoms with E-state index in [9.17, 15) is 5.11 Å². The fourth-order valence-electron chi connectivity index (χ4n) is 1.60. The van der Waals surface area contributed by atoms with Gasteiger partial charge in [-0.3, -0.25) is 0 Å². The lowest BCUT2D eigenvalue weighted by Crippen LogP contribution is -1.68. The zero-order valence-electron chi connectivity index (χ0n) is 9.36. The van der Waals surface area contributed by atoms with Crippen LogP contribution in [0.25, 0.3) is 10.1 Å². The van der Waals surface area contributed by atoms with Gasteiger partial charge in [0.15, 0.2) is 0 Å². The van der Waals surface area contributed by atoms with Gasteiger partial charge in [-0.15, -0.1) is 21.6 Å². The number of phenolic OH excluding ortho intramolecular Hbond substituents is 1. The number of azo groups is 1. The summed E-state index contributed by atoms with van der Waals surface area (Å²) in [6.45, 7) is 2.00. The molecule has 0 bridgehead atoms. The standard InChI is InChI=1S/C11H8N4OS2/c1-6-4-7-9(16)3-2-8(10(7)17-6)14-15-11-12-5-13-18-11/h2-5,16H,1H3. The van der Waals surface area contributed by atoms with E-state index in [4.69, 9.17) is 0 Å². The van der Waals surface area contributed by atoms with Gasteiger partial charge in [-0.1, -0.05) is 0 Å². The summed E-state index contributed by atoms with van der Waals surface area (Å²) in [6, 6.07) is 5.32. The van der Waals surface area contributed by atoms with E-state index < -0.39 is 0 Å². The van der Waals surface area contributed by atoms with Crippen molar-refractivity contribution in [3.05, 3.63) is 29.4 Å². The lowest BCUT2D eigenvalue weighted by atomic mass is 10.2. The Balaban J connectivity index is 2.09. The molecule has 5 nitrogen and oxygen atoms in total. The third kappa shape index (κ3) is 1.98. The van der Waals surface area contributed by atoms with Crippen LogP contribution in [-0.2, 0) is 0 Å². The number of fused-ring (bicyclic) bond motifs is 1. The van der Waals surface area contributed by atoms with E-state index in [0.29, 0.717) is 5.13 Å². The summed E-state index contributed by atoms with van der Waals surface area (Å²) < 4.78 is 4.79. The van der Waals surface area contributed by atoms with Crippen molar-refractivity contribution in [3.63, 3.8) is 0 Å². The molecule has 0 fully saturated rings. The Morgan fingerprint density at radius 3 is 2.94 bits per heavy atom. The summed E-state index contributed by atoms with van der Waals surface area (Å²) in [7, 11) is 0. The molecule has 90 valence electrons. The van der Waals surface area contributed by atoms with Crippen LogP contribution in [0.3, 0.4) is 0 Å². The molecule has 1 N–H and O–H groups in total. The van der Waals surface area contributed by atoms with Crippen molar-refractivity contribution in [3.8, 4) is 5.75 Å². The van der Waals surface area contributed by atoms with E-state index in [-0.39, 0.29) is 5.75 Å². The third-order valence-electron chi connectivity index (χ3n) is 2.36. The van der Waals surface area contributed by atoms with E-state index in [2.05, 4.69) is 19.6 Å². The Morgan fingerprint density at radius 1 is 1.28 bits per heavy atom. The minimum absolute atomic E-state index is 0.268. The Hall–Kier alpha value is -1.86. The molecule has 3 aromatic rings. The Morgan fingerprint density at radius 2 is 2.17 bits per heavy atom. The highest BCUT2D eigenvalue weighted by Crippen LogP contribution is 2.39. The maximum atomic E-state index is 9.78. The summed E-state index contributed by atoms with van der Waals surface area (Å²) in [5.41, 5.74) is 0.733. The first kappa shape index (κ1) is 11.2. The van der Waals surface area contributed by atoms with Crippen LogP contribution in [0.1, 0.15) is 4.88 Å². The molecule has 0 radical (unpaired) electrons. The van der Waals surface area contributed by atoms with Crippen molar-refractivity contribution in [2.75, 3.05) is 0 Å². The normalized spacial score (nSPS) is 11.6. The summed E-state index contributed by atoms with van der Waals surface area (Å²) in [5.74, 6) is 0.268. The molecule has 0 aliphatic rings. The van der Waals surface area contributed by atoms with Crippen LogP contribution >= 0.6 is 22.9 Å². The first-order valence-electron chi connectivity index (χ1n) is 5.14. The second-order valence-electron chi connectivity index (χ2n) is 3.63. The molecule has 0 aliphatic carbocycles. The van der Waals surface area contributed by atoms with Gasteiger partial charge < -0.3 is 5.11 Å². The largest absolute Gasteiger partial charge is 0.507 e. The summed E-state index contributed by atoms with van der Waals surface area (Å²) >= 11 is 2.77. The second-order valence-corrected chi connectivity index (χ2v) is 5.64. The van der Waals surface area contributed by atoms with E-state index in [0.717, 1.165) is 20.7 Å². The maximum absolute atomic E-state index is 9.78. The first-order chi connectivity index (χ1) is 8.74. The van der Waals surface area contributed by atoms with Gasteiger partial charge >= 0.3 is 0 Å². The Bertz CT molecular complexity index is 718. The van der Waals surface area contributed by atoms with Gasteiger partial charge in [0.25, 0.3) is 0 Å². The average molecular weight is 276 g/mol. The van der Waals surface area contributed by atoms with E-state index in [1.54, 1.807) is 23.5 Å². The van der Waals surface area contributed by atoms with Crippen LogP contribution in [0.15, 0.2) is 34.8 Å². The molecule has 0 aliphatic heterocycles. The fraction of sp³-hybridized carbons (Fsp3) is 0.0909. The van der Waals surface area contributed by atoms with Crippen LogP contribution < -0.4 is 0 Å². The predicted molar refractivity (Wildman–Crippen MR) is 72.3 cm³/mol. The van der Waals surface area contributed by atoms with Crippen LogP contribution in [0, 0.1) is 6.92 Å². The van der Waals surface area contributed by atoms with Crippen LogP contribution in [0.2, 0.25) is 0 Å². The number of thiophene rings is 1. The molecular formula is C11H8N4OS2. The molecule has 0 spiro atoms. The number of rotatable bonds is 2. The smallest absolute Gasteiger partial charge is 0.249 e. The van der Waals surface area contributed by atoms with Crippen molar-refractivity contribution >= 4 is 43.8 Å². The number of phenols is 1. The summed E-state index contributed by atoms with van der Waals surface area (Å²) in [4.78, 5) is 5.06. The molecule has 0 saturated carbocycles. The lowest BCUT2D eigenvalue weighted by molar-refractivity contribution is 0.482. The minimum Gasteiger partial charge on any atom is -0.507 e. The number of nitrogens with zero attached hydrogens (tertiary/aromatic N) is 4. The number of aromatic nitrogens is 2.